The van der Waals surface area contributed by atoms with Crippen LogP contribution in [0.5, 0.6) is 0 Å². The number of aliphatic carboxylic acids is 6. The fraction of sp³-hybridized carbons (Fsp3) is 0.605. The molecule has 23 N–H and O–H groups in total. The Kier molecular flexibility index (Phi) is 31.3. The molecular weight excluding hydrogens is 1080 g/mol. The number of hydrogen-bond donors (Lipinski definition) is 20. The fourth-order valence-corrected chi connectivity index (χ4v) is 6.60. The van der Waals surface area contributed by atoms with Crippen molar-refractivity contribution in [2.45, 2.75) is 145 Å². The average molecular weight is 1150 g/mol. The van der Waals surface area contributed by atoms with E-state index in [1.54, 1.807) is 0 Å². The van der Waals surface area contributed by atoms with Crippen LogP contribution in [0, 0.1) is 5.92 Å². The molecule has 80 heavy (non-hydrogen) atoms. The zero-order valence-electron chi connectivity index (χ0n) is 42.8. The third-order valence-electron chi connectivity index (χ3n) is 11.1. The van der Waals surface area contributed by atoms with Crippen molar-refractivity contribution in [2.24, 2.45) is 23.1 Å². The number of nitrogens with one attached hydrogen (secondary N) is 9. The molecule has 0 aromatic heterocycles. The predicted octanol–water partition coefficient (Wildman–Crippen LogP) is -9.91. The molecule has 448 valence electrons. The van der Waals surface area contributed by atoms with Crippen molar-refractivity contribution in [3.05, 3.63) is 0 Å². The summed E-state index contributed by atoms with van der Waals surface area (Å²) >= 11 is 0. The molecule has 0 heterocycles. The quantitative estimate of drug-likeness (QED) is 0.0271. The van der Waals surface area contributed by atoms with E-state index >= 15 is 0 Å². The number of primary amides is 2. The second-order valence-electron chi connectivity index (χ2n) is 17.5. The Morgan fingerprint density at radius 2 is 0.675 bits per heavy atom. The van der Waals surface area contributed by atoms with Gasteiger partial charge in [-0.3, -0.25) is 76.7 Å². The summed E-state index contributed by atoms with van der Waals surface area (Å²) in [5.41, 5.74) is 15.9. The van der Waals surface area contributed by atoms with E-state index in [1.165, 1.54) is 13.8 Å². The van der Waals surface area contributed by atoms with Gasteiger partial charge in [0.1, 0.15) is 54.4 Å². The van der Waals surface area contributed by atoms with Crippen LogP contribution in [0.2, 0.25) is 0 Å². The van der Waals surface area contributed by atoms with Crippen LogP contribution in [0.4, 0.5) is 0 Å². The highest BCUT2D eigenvalue weighted by atomic mass is 16.4. The van der Waals surface area contributed by atoms with Crippen LogP contribution in [-0.2, 0) is 81.5 Å². The molecule has 0 aromatic rings. The number of carbonyl (C=O) groups excluding carboxylic acids is 11. The van der Waals surface area contributed by atoms with Crippen molar-refractivity contribution in [3.8, 4) is 0 Å². The van der Waals surface area contributed by atoms with Crippen LogP contribution in [0.25, 0.3) is 0 Å². The molecule has 11 atom stereocenters. The van der Waals surface area contributed by atoms with E-state index in [2.05, 4.69) is 10.6 Å². The van der Waals surface area contributed by atoms with Gasteiger partial charge in [0.2, 0.25) is 65.0 Å². The Morgan fingerprint density at radius 1 is 0.362 bits per heavy atom. The van der Waals surface area contributed by atoms with Crippen LogP contribution in [0.3, 0.4) is 0 Å². The molecule has 0 aliphatic heterocycles. The molecule has 37 nitrogen and oxygen atoms in total. The van der Waals surface area contributed by atoms with E-state index in [1.807, 2.05) is 37.2 Å². The number of hydrogen-bond acceptors (Lipinski definition) is 20. The molecular formula is C43H66N12O25. The maximum atomic E-state index is 13.8. The number of carboxylic acid groups (broad SMARTS) is 6. The third kappa shape index (κ3) is 27.3. The van der Waals surface area contributed by atoms with Gasteiger partial charge in [-0.2, -0.15) is 0 Å². The van der Waals surface area contributed by atoms with Crippen molar-refractivity contribution in [1.82, 2.24) is 47.9 Å². The van der Waals surface area contributed by atoms with Gasteiger partial charge < -0.3 is 106 Å². The minimum absolute atomic E-state index is 0.118. The predicted molar refractivity (Wildman–Crippen MR) is 259 cm³/mol. The van der Waals surface area contributed by atoms with Crippen molar-refractivity contribution in [2.75, 3.05) is 13.2 Å². The van der Waals surface area contributed by atoms with E-state index < -0.39 is 245 Å². The lowest BCUT2D eigenvalue weighted by Crippen LogP contribution is -2.61. The van der Waals surface area contributed by atoms with Crippen molar-refractivity contribution < 1.29 is 122 Å². The summed E-state index contributed by atoms with van der Waals surface area (Å²) in [6.07, 6.45) is -9.31. The number of amides is 11. The summed E-state index contributed by atoms with van der Waals surface area (Å²) in [6, 6.07) is -19.8. The summed E-state index contributed by atoms with van der Waals surface area (Å²) in [7, 11) is 0. The van der Waals surface area contributed by atoms with Gasteiger partial charge in [0, 0.05) is 19.3 Å². The molecule has 37 heteroatoms. The van der Waals surface area contributed by atoms with Gasteiger partial charge in [-0.15, -0.1) is 0 Å². The Balaban J connectivity index is 6.85. The van der Waals surface area contributed by atoms with Crippen LogP contribution in [-0.4, -0.2) is 215 Å². The smallest absolute Gasteiger partial charge is 0.326 e. The first kappa shape index (κ1) is 70.9. The van der Waals surface area contributed by atoms with Gasteiger partial charge in [-0.05, 0) is 25.2 Å². The van der Waals surface area contributed by atoms with Crippen LogP contribution >= 0.6 is 0 Å². The number of rotatable bonds is 40. The minimum atomic E-state index is -2.26. The summed E-state index contributed by atoms with van der Waals surface area (Å²) in [5.74, 6) is -25.8. The highest BCUT2D eigenvalue weighted by Gasteiger charge is 2.38. The SMILES string of the molecule is CC[C@H](C)[C@H](NC(=O)[C@H](CCC(N)=O)NC(=O)[C@H](CC(=O)O)NC(=O)[C@H](CC(N)=O)NC(=O)[C@H](CCC(=O)O)NC(=O)[C@H](CCC(=O)O)NC(=O)[C@H](CO)NC(=O)[C@H](CO)NC(=O)[C@@H](N)CC(=O)O)C(=O)N[C@@H](CC(=O)O)C(=O)O. The molecule has 0 radical (unpaired) electrons. The van der Waals surface area contributed by atoms with Crippen molar-refractivity contribution in [1.29, 1.82) is 0 Å². The van der Waals surface area contributed by atoms with Crippen LogP contribution in [0.15, 0.2) is 0 Å². The first-order valence-electron chi connectivity index (χ1n) is 23.8. The maximum absolute atomic E-state index is 13.8. The van der Waals surface area contributed by atoms with Gasteiger partial charge in [-0.25, -0.2) is 4.79 Å². The van der Waals surface area contributed by atoms with E-state index in [0.717, 1.165) is 0 Å². The van der Waals surface area contributed by atoms with E-state index in [9.17, 15) is 112 Å². The first-order valence-corrected chi connectivity index (χ1v) is 23.8. The molecule has 0 aliphatic carbocycles. The van der Waals surface area contributed by atoms with Crippen LogP contribution < -0.4 is 65.1 Å². The van der Waals surface area contributed by atoms with E-state index in [4.69, 9.17) is 27.4 Å². The first-order chi connectivity index (χ1) is 37.2. The summed E-state index contributed by atoms with van der Waals surface area (Å²) in [5, 5.41) is 93.4. The van der Waals surface area contributed by atoms with Crippen LogP contribution in [0.1, 0.15) is 84.5 Å². The average Bonchev–Trinajstić information content (AvgIpc) is 3.35. The van der Waals surface area contributed by atoms with E-state index in [-0.39, 0.29) is 6.42 Å². The third-order valence-corrected chi connectivity index (χ3v) is 11.1. The standard InChI is InChI=1S/C43H66N12O25/c1-3-16(2)33(42(78)52-23(43(79)80)13-32(68)69)55-37(73)18(4-7-26(45)58)48-39(75)22(12-31(66)67)51-38(74)21(11-27(46)59)50-36(72)20(6-9-29(62)63)47-35(71)19(5-8-28(60)61)49-40(76)25(15-57)54-41(77)24(14-56)53-34(70)17(44)10-30(64)65/h16-25,33,56-57H,3-15,44H2,1-2H3,(H2,45,58)(H2,46,59)(H,47,71)(H,48,75)(H,49,76)(H,50,72)(H,51,74)(H,52,78)(H,53,70)(H,54,77)(H,55,73)(H,60,61)(H,62,63)(H,64,65)(H,66,67)(H,68,69)(H,79,80)/t16-,17-,18-,19-,20-,21-,22-,23-,24-,25-,33-/m0/s1. The van der Waals surface area contributed by atoms with Gasteiger partial charge in [0.25, 0.3) is 0 Å². The molecule has 0 spiro atoms. The molecule has 0 saturated heterocycles. The topological polar surface area (TPSA) is 638 Å². The second kappa shape index (κ2) is 35.3. The number of aliphatic hydroxyl groups is 2. The molecule has 0 rings (SSSR count). The number of aliphatic hydroxyl groups excluding tert-OH is 2. The highest BCUT2D eigenvalue weighted by molar-refractivity contribution is 6.00. The van der Waals surface area contributed by atoms with Gasteiger partial charge in [0.05, 0.1) is 44.9 Å². The highest BCUT2D eigenvalue weighted by Crippen LogP contribution is 2.12. The number of carbonyl (C=O) groups is 17. The lowest BCUT2D eigenvalue weighted by Gasteiger charge is -2.28. The Bertz CT molecular complexity index is 2340. The molecule has 0 saturated carbocycles. The molecule has 0 unspecified atom stereocenters. The van der Waals surface area contributed by atoms with Gasteiger partial charge in [0.15, 0.2) is 0 Å². The summed E-state index contributed by atoms with van der Waals surface area (Å²) < 4.78 is 0. The Hall–Kier alpha value is -9.13. The summed E-state index contributed by atoms with van der Waals surface area (Å²) in [4.78, 5) is 213. The second-order valence-corrected chi connectivity index (χ2v) is 17.5. The molecule has 0 aromatic carbocycles. The van der Waals surface area contributed by atoms with Crippen molar-refractivity contribution >= 4 is 101 Å². The lowest BCUT2D eigenvalue weighted by atomic mass is 9.97. The monoisotopic (exact) mass is 1150 g/mol. The fourth-order valence-electron chi connectivity index (χ4n) is 6.60. The Labute approximate surface area is 451 Å². The zero-order chi connectivity index (χ0) is 61.7. The van der Waals surface area contributed by atoms with Crippen molar-refractivity contribution in [3.63, 3.8) is 0 Å². The van der Waals surface area contributed by atoms with Gasteiger partial charge in [-0.1, -0.05) is 20.3 Å². The summed E-state index contributed by atoms with van der Waals surface area (Å²) in [6.45, 7) is 0.496. The molecule has 0 aliphatic rings. The van der Waals surface area contributed by atoms with E-state index in [0.29, 0.717) is 0 Å². The molecule has 11 amide bonds. The molecule has 0 fully saturated rings. The Morgan fingerprint density at radius 3 is 1.02 bits per heavy atom. The maximum Gasteiger partial charge on any atom is 0.326 e. The van der Waals surface area contributed by atoms with Gasteiger partial charge >= 0.3 is 35.8 Å². The number of carboxylic acids is 6. The lowest BCUT2D eigenvalue weighted by molar-refractivity contribution is -0.147. The minimum Gasteiger partial charge on any atom is -0.481 e. The normalized spacial score (nSPS) is 14.9. The molecule has 0 bridgehead atoms. The largest absolute Gasteiger partial charge is 0.481 e. The number of nitrogens with two attached hydrogens (primary N) is 3. The zero-order valence-corrected chi connectivity index (χ0v) is 42.8.